The molecule has 0 aromatic heterocycles. The van der Waals surface area contributed by atoms with E-state index in [9.17, 15) is 18.0 Å². The molecular weight excluding hydrogens is 688 g/mol. The van der Waals surface area contributed by atoms with E-state index >= 15 is 0 Å². The van der Waals surface area contributed by atoms with E-state index in [-0.39, 0.29) is 45.5 Å². The molecule has 4 aromatic rings. The van der Waals surface area contributed by atoms with Crippen molar-refractivity contribution in [2.75, 3.05) is 10.8 Å². The highest BCUT2D eigenvalue weighted by Gasteiger charge is 2.35. The number of carbonyl (C=O) groups is 2. The Labute approximate surface area is 290 Å². The smallest absolute Gasteiger partial charge is 0.264 e. The van der Waals surface area contributed by atoms with Crippen molar-refractivity contribution >= 4 is 73.9 Å². The average molecular weight is 722 g/mol. The summed E-state index contributed by atoms with van der Waals surface area (Å²) in [5, 5.41) is 4.03. The van der Waals surface area contributed by atoms with Crippen LogP contribution in [0.25, 0.3) is 0 Å². The number of benzene rings is 4. The second-order valence-electron chi connectivity index (χ2n) is 10.7. The predicted octanol–water partition coefficient (Wildman–Crippen LogP) is 8.05. The van der Waals surface area contributed by atoms with Gasteiger partial charge in [0.1, 0.15) is 12.6 Å². The number of hydrogen-bond donors (Lipinski definition) is 1. The number of hydrogen-bond acceptors (Lipinski definition) is 4. The summed E-state index contributed by atoms with van der Waals surface area (Å²) >= 11 is 25.2. The summed E-state index contributed by atoms with van der Waals surface area (Å²) in [7, 11) is -4.29. The molecule has 0 aliphatic heterocycles. The molecular formula is C34H33Cl4N3O4S. The molecule has 0 unspecified atom stereocenters. The molecule has 0 fully saturated rings. The van der Waals surface area contributed by atoms with Crippen molar-refractivity contribution in [2.45, 2.75) is 50.2 Å². The van der Waals surface area contributed by atoms with Crippen LogP contribution in [0, 0.1) is 0 Å². The van der Waals surface area contributed by atoms with Gasteiger partial charge >= 0.3 is 0 Å². The third kappa shape index (κ3) is 8.96. The van der Waals surface area contributed by atoms with Gasteiger partial charge in [-0.1, -0.05) is 108 Å². The van der Waals surface area contributed by atoms with Crippen molar-refractivity contribution in [1.29, 1.82) is 0 Å². The van der Waals surface area contributed by atoms with Gasteiger partial charge in [0.05, 0.1) is 20.6 Å². The molecule has 0 saturated heterocycles. The normalized spacial score (nSPS) is 12.7. The Balaban J connectivity index is 1.84. The fourth-order valence-electron chi connectivity index (χ4n) is 4.72. The number of anilines is 1. The molecule has 0 aliphatic rings. The standard InChI is InChI=1S/C34H33Cl4N3O4S/c1-3-23(2)39-34(43)32(18-24-10-6-4-7-11-24)40(21-25-14-15-26(35)19-30(25)37)33(42)22-41(27-16-17-29(36)31(38)20-27)46(44,45)28-12-8-5-9-13-28/h4-17,19-20,23,32H,3,18,21-22H2,1-2H3,(H,39,43)/t23-,32-/m1/s1. The number of amides is 2. The molecule has 2 amide bonds. The molecule has 0 bridgehead atoms. The van der Waals surface area contributed by atoms with Crippen LogP contribution >= 0.6 is 46.4 Å². The SMILES string of the molecule is CC[C@@H](C)NC(=O)[C@@H](Cc1ccccc1)N(Cc1ccc(Cl)cc1Cl)C(=O)CN(c1ccc(Cl)c(Cl)c1)S(=O)(=O)c1ccccc1. The Morgan fingerprint density at radius 3 is 2.07 bits per heavy atom. The van der Waals surface area contributed by atoms with E-state index in [2.05, 4.69) is 5.32 Å². The van der Waals surface area contributed by atoms with Crippen LogP contribution in [0.2, 0.25) is 20.1 Å². The van der Waals surface area contributed by atoms with Crippen LogP contribution in [0.1, 0.15) is 31.4 Å². The average Bonchev–Trinajstić information content (AvgIpc) is 3.04. The highest BCUT2D eigenvalue weighted by molar-refractivity contribution is 7.92. The minimum absolute atomic E-state index is 0.0310. The maximum Gasteiger partial charge on any atom is 0.264 e. The fraction of sp³-hybridized carbons (Fsp3) is 0.235. The molecule has 0 spiro atoms. The zero-order chi connectivity index (χ0) is 33.4. The minimum Gasteiger partial charge on any atom is -0.352 e. The van der Waals surface area contributed by atoms with Crippen LogP contribution in [-0.4, -0.2) is 43.8 Å². The Morgan fingerprint density at radius 1 is 0.804 bits per heavy atom. The third-order valence-electron chi connectivity index (χ3n) is 7.43. The van der Waals surface area contributed by atoms with E-state index in [0.717, 1.165) is 9.87 Å². The molecule has 1 N–H and O–H groups in total. The summed E-state index contributed by atoms with van der Waals surface area (Å²) in [5.41, 5.74) is 1.46. The van der Waals surface area contributed by atoms with Crippen molar-refractivity contribution in [3.63, 3.8) is 0 Å². The summed E-state index contributed by atoms with van der Waals surface area (Å²) in [6.45, 7) is 3.07. The number of nitrogens with zero attached hydrogens (tertiary/aromatic N) is 2. The Morgan fingerprint density at radius 2 is 1.46 bits per heavy atom. The Hall–Kier alpha value is -3.27. The van der Waals surface area contributed by atoms with Crippen molar-refractivity contribution < 1.29 is 18.0 Å². The summed E-state index contributed by atoms with van der Waals surface area (Å²) in [5.74, 6) is -1.03. The number of rotatable bonds is 13. The van der Waals surface area contributed by atoms with Crippen LogP contribution in [0.4, 0.5) is 5.69 Å². The topological polar surface area (TPSA) is 86.8 Å². The minimum atomic E-state index is -4.29. The van der Waals surface area contributed by atoms with Crippen molar-refractivity contribution in [1.82, 2.24) is 10.2 Å². The molecule has 4 aromatic carbocycles. The van der Waals surface area contributed by atoms with Gasteiger partial charge in [0, 0.05) is 29.1 Å². The lowest BCUT2D eigenvalue weighted by Crippen LogP contribution is -2.54. The van der Waals surface area contributed by atoms with Gasteiger partial charge in [-0.05, 0) is 66.9 Å². The lowest BCUT2D eigenvalue weighted by atomic mass is 10.0. The molecule has 0 saturated carbocycles. The second-order valence-corrected chi connectivity index (χ2v) is 14.2. The second kappa shape index (κ2) is 16.0. The maximum atomic E-state index is 14.5. The van der Waals surface area contributed by atoms with E-state index < -0.39 is 28.5 Å². The maximum absolute atomic E-state index is 14.5. The number of nitrogens with one attached hydrogen (secondary N) is 1. The van der Waals surface area contributed by atoms with Crippen molar-refractivity contribution in [3.05, 3.63) is 128 Å². The Kier molecular flexibility index (Phi) is 12.4. The molecule has 4 rings (SSSR count). The summed E-state index contributed by atoms with van der Waals surface area (Å²) in [6, 6.07) is 25.0. The van der Waals surface area contributed by atoms with Crippen LogP contribution in [-0.2, 0) is 32.6 Å². The van der Waals surface area contributed by atoms with E-state index in [1.807, 2.05) is 44.2 Å². The quantitative estimate of drug-likeness (QED) is 0.152. The monoisotopic (exact) mass is 719 g/mol. The van der Waals surface area contributed by atoms with Crippen LogP contribution in [0.3, 0.4) is 0 Å². The summed E-state index contributed by atoms with van der Waals surface area (Å²) in [4.78, 5) is 29.8. The predicted molar refractivity (Wildman–Crippen MR) is 186 cm³/mol. The van der Waals surface area contributed by atoms with Gasteiger partial charge in [0.15, 0.2) is 0 Å². The highest BCUT2D eigenvalue weighted by Crippen LogP contribution is 2.31. The largest absolute Gasteiger partial charge is 0.352 e. The van der Waals surface area contributed by atoms with Crippen molar-refractivity contribution in [2.24, 2.45) is 0 Å². The highest BCUT2D eigenvalue weighted by atomic mass is 35.5. The van der Waals surface area contributed by atoms with Gasteiger partial charge in [0.2, 0.25) is 11.8 Å². The molecule has 46 heavy (non-hydrogen) atoms. The molecule has 0 aliphatic carbocycles. The van der Waals surface area contributed by atoms with E-state index in [0.29, 0.717) is 22.0 Å². The molecule has 0 heterocycles. The molecule has 242 valence electrons. The fourth-order valence-corrected chi connectivity index (χ4v) is 6.90. The van der Waals surface area contributed by atoms with Gasteiger partial charge in [-0.15, -0.1) is 0 Å². The summed E-state index contributed by atoms with van der Waals surface area (Å²) in [6.07, 6.45) is 0.833. The first-order valence-electron chi connectivity index (χ1n) is 14.5. The zero-order valence-electron chi connectivity index (χ0n) is 25.2. The van der Waals surface area contributed by atoms with Gasteiger partial charge in [-0.2, -0.15) is 0 Å². The van der Waals surface area contributed by atoms with Crippen LogP contribution < -0.4 is 9.62 Å². The Bertz CT molecular complexity index is 1780. The molecule has 7 nitrogen and oxygen atoms in total. The molecule has 12 heteroatoms. The summed E-state index contributed by atoms with van der Waals surface area (Å²) < 4.78 is 29.1. The van der Waals surface area contributed by atoms with E-state index in [1.165, 1.54) is 35.2 Å². The van der Waals surface area contributed by atoms with Crippen LogP contribution in [0.5, 0.6) is 0 Å². The van der Waals surface area contributed by atoms with E-state index in [4.69, 9.17) is 46.4 Å². The first-order valence-corrected chi connectivity index (χ1v) is 17.5. The lowest BCUT2D eigenvalue weighted by Gasteiger charge is -2.34. The number of halogens is 4. The van der Waals surface area contributed by atoms with Gasteiger partial charge in [0.25, 0.3) is 10.0 Å². The van der Waals surface area contributed by atoms with Gasteiger partial charge < -0.3 is 10.2 Å². The van der Waals surface area contributed by atoms with Crippen molar-refractivity contribution in [3.8, 4) is 0 Å². The first-order chi connectivity index (χ1) is 21.9. The number of carbonyl (C=O) groups excluding carboxylic acids is 2. The van der Waals surface area contributed by atoms with E-state index in [1.54, 1.807) is 36.4 Å². The number of sulfonamides is 1. The third-order valence-corrected chi connectivity index (χ3v) is 10.5. The zero-order valence-corrected chi connectivity index (χ0v) is 29.0. The lowest BCUT2D eigenvalue weighted by molar-refractivity contribution is -0.140. The van der Waals surface area contributed by atoms with Crippen LogP contribution in [0.15, 0.2) is 102 Å². The molecule has 2 atom stereocenters. The molecule has 0 radical (unpaired) electrons. The van der Waals surface area contributed by atoms with Gasteiger partial charge in [-0.3, -0.25) is 13.9 Å². The first kappa shape index (κ1) is 35.6. The van der Waals surface area contributed by atoms with Gasteiger partial charge in [-0.25, -0.2) is 8.42 Å².